The Morgan fingerprint density at radius 1 is 1.13 bits per heavy atom. The molecule has 31 heavy (non-hydrogen) atoms. The molecule has 0 bridgehead atoms. The lowest BCUT2D eigenvalue weighted by Gasteiger charge is -2.13. The van der Waals surface area contributed by atoms with E-state index in [1.165, 1.54) is 24.3 Å². The van der Waals surface area contributed by atoms with Crippen LogP contribution in [-0.4, -0.2) is 13.4 Å². The number of benzene rings is 3. The molecule has 0 saturated heterocycles. The molecule has 0 aliphatic heterocycles. The Morgan fingerprint density at radius 3 is 2.74 bits per heavy atom. The predicted octanol–water partition coefficient (Wildman–Crippen LogP) is 5.61. The summed E-state index contributed by atoms with van der Waals surface area (Å²) >= 11 is 0. The van der Waals surface area contributed by atoms with Crippen molar-refractivity contribution in [1.82, 2.24) is 0 Å². The quantitative estimate of drug-likeness (QED) is 0.486. The number of aldehydes is 1. The predicted molar refractivity (Wildman–Crippen MR) is 113 cm³/mol. The molecule has 0 amide bonds. The second-order valence-corrected chi connectivity index (χ2v) is 8.34. The Hall–Kier alpha value is -3.21. The fourth-order valence-corrected chi connectivity index (χ4v) is 4.89. The van der Waals surface area contributed by atoms with Gasteiger partial charge in [-0.15, -0.1) is 0 Å². The van der Waals surface area contributed by atoms with Crippen LogP contribution in [0.25, 0.3) is 11.1 Å². The third-order valence-corrected chi connectivity index (χ3v) is 6.58. The minimum absolute atomic E-state index is 0.193. The van der Waals surface area contributed by atoms with Crippen LogP contribution < -0.4 is 9.47 Å². The van der Waals surface area contributed by atoms with Gasteiger partial charge in [-0.3, -0.25) is 0 Å². The van der Waals surface area contributed by atoms with Crippen molar-refractivity contribution < 1.29 is 23.0 Å². The maximum absolute atomic E-state index is 14.5. The normalized spacial score (nSPS) is 20.7. The molecule has 5 heteroatoms. The van der Waals surface area contributed by atoms with Crippen LogP contribution in [0.2, 0.25) is 0 Å². The lowest BCUT2D eigenvalue weighted by Crippen LogP contribution is -2.00. The zero-order chi connectivity index (χ0) is 21.7. The molecule has 5 rings (SSSR count). The van der Waals surface area contributed by atoms with Gasteiger partial charge < -0.3 is 14.3 Å². The van der Waals surface area contributed by atoms with Crippen LogP contribution in [0.1, 0.15) is 28.2 Å². The Balaban J connectivity index is 1.34. The largest absolute Gasteiger partial charge is 0.491 e. The van der Waals surface area contributed by atoms with Crippen molar-refractivity contribution in [2.45, 2.75) is 25.9 Å². The molecule has 0 aromatic heterocycles. The molecule has 3 atom stereocenters. The van der Waals surface area contributed by atoms with E-state index >= 15 is 0 Å². The van der Waals surface area contributed by atoms with Crippen molar-refractivity contribution in [3.63, 3.8) is 0 Å². The molecule has 158 valence electrons. The lowest BCUT2D eigenvalue weighted by molar-refractivity contribution is -0.109. The molecule has 2 aliphatic carbocycles. The summed E-state index contributed by atoms with van der Waals surface area (Å²) in [6.07, 6.45) is 2.02. The Morgan fingerprint density at radius 2 is 1.97 bits per heavy atom. The van der Waals surface area contributed by atoms with Crippen LogP contribution in [0.5, 0.6) is 11.5 Å². The third kappa shape index (κ3) is 3.29. The molecule has 3 nitrogen and oxygen atoms in total. The number of rotatable bonds is 6. The van der Waals surface area contributed by atoms with E-state index in [0.29, 0.717) is 35.1 Å². The van der Waals surface area contributed by atoms with Crippen molar-refractivity contribution in [3.8, 4) is 22.6 Å². The van der Waals surface area contributed by atoms with Crippen LogP contribution in [0, 0.1) is 30.4 Å². The molecular weight excluding hydrogens is 398 g/mol. The molecular formula is C26H22F2O3. The minimum atomic E-state index is -0.727. The van der Waals surface area contributed by atoms with Gasteiger partial charge >= 0.3 is 0 Å². The lowest BCUT2D eigenvalue weighted by atomic mass is 9.98. The smallest absolute Gasteiger partial charge is 0.190 e. The van der Waals surface area contributed by atoms with Gasteiger partial charge in [-0.05, 0) is 82.8 Å². The monoisotopic (exact) mass is 420 g/mol. The number of halogens is 2. The van der Waals surface area contributed by atoms with Crippen LogP contribution in [0.3, 0.4) is 0 Å². The molecule has 1 saturated carbocycles. The van der Waals surface area contributed by atoms with E-state index in [-0.39, 0.29) is 11.7 Å². The highest BCUT2D eigenvalue weighted by molar-refractivity contribution is 5.69. The zero-order valence-electron chi connectivity index (χ0n) is 17.3. The van der Waals surface area contributed by atoms with E-state index in [0.717, 1.165) is 24.0 Å². The summed E-state index contributed by atoms with van der Waals surface area (Å²) in [6, 6.07) is 14.9. The maximum atomic E-state index is 14.5. The van der Waals surface area contributed by atoms with E-state index in [1.807, 2.05) is 30.3 Å². The summed E-state index contributed by atoms with van der Waals surface area (Å²) in [5, 5.41) is 0. The topological polar surface area (TPSA) is 35.5 Å². The number of carbonyl (C=O) groups is 1. The third-order valence-electron chi connectivity index (χ3n) is 6.58. The highest BCUT2D eigenvalue weighted by atomic mass is 19.1. The first-order valence-electron chi connectivity index (χ1n) is 10.3. The first kappa shape index (κ1) is 19.7. The average Bonchev–Trinajstić information content (AvgIpc) is 3.34. The SMILES string of the molecule is COc1c(F)cc(-c2cccc(COc3ccc4c(c3)CC3C(C=O)C43)c2)c(C)c1F. The number of ether oxygens (including phenoxy) is 2. The minimum Gasteiger partial charge on any atom is -0.491 e. The number of hydrogen-bond acceptors (Lipinski definition) is 3. The van der Waals surface area contributed by atoms with Crippen molar-refractivity contribution >= 4 is 6.29 Å². The molecule has 0 spiro atoms. The Kier molecular flexibility index (Phi) is 4.77. The summed E-state index contributed by atoms with van der Waals surface area (Å²) in [5.41, 5.74) is 4.97. The van der Waals surface area contributed by atoms with Gasteiger partial charge in [0.05, 0.1) is 7.11 Å². The van der Waals surface area contributed by atoms with E-state index in [2.05, 4.69) is 12.1 Å². The summed E-state index contributed by atoms with van der Waals surface area (Å²) in [4.78, 5) is 11.1. The first-order valence-corrected chi connectivity index (χ1v) is 10.3. The summed E-state index contributed by atoms with van der Waals surface area (Å²) in [7, 11) is 1.25. The van der Waals surface area contributed by atoms with E-state index in [9.17, 15) is 13.6 Å². The highest BCUT2D eigenvalue weighted by Crippen LogP contribution is 2.60. The molecule has 0 radical (unpaired) electrons. The van der Waals surface area contributed by atoms with Crippen molar-refractivity contribution in [3.05, 3.63) is 82.4 Å². The fourth-order valence-electron chi connectivity index (χ4n) is 4.89. The van der Waals surface area contributed by atoms with Crippen molar-refractivity contribution in [2.75, 3.05) is 7.11 Å². The first-order chi connectivity index (χ1) is 15.0. The fraction of sp³-hybridized carbons (Fsp3) is 0.269. The van der Waals surface area contributed by atoms with Gasteiger partial charge in [-0.25, -0.2) is 8.78 Å². The van der Waals surface area contributed by atoms with Crippen molar-refractivity contribution in [2.24, 2.45) is 11.8 Å². The maximum Gasteiger partial charge on any atom is 0.190 e. The second-order valence-electron chi connectivity index (χ2n) is 8.34. The standard InChI is InChI=1S/C26H22F2O3/c1-14-20(11-23(27)26(30-2)25(14)28)16-5-3-4-15(8-16)13-31-18-6-7-19-17(9-18)10-21-22(12-29)24(19)21/h3-9,11-12,21-22,24H,10,13H2,1-2H3. The molecule has 2 aliphatic rings. The Labute approximate surface area is 179 Å². The number of methoxy groups -OCH3 is 1. The van der Waals surface area contributed by atoms with Crippen molar-refractivity contribution in [1.29, 1.82) is 0 Å². The van der Waals surface area contributed by atoms with E-state index in [4.69, 9.17) is 9.47 Å². The molecule has 0 heterocycles. The van der Waals surface area contributed by atoms with Gasteiger partial charge in [-0.1, -0.05) is 24.3 Å². The Bertz CT molecular complexity index is 1190. The number of hydrogen-bond donors (Lipinski definition) is 0. The molecule has 1 fully saturated rings. The van der Waals surface area contributed by atoms with Crippen LogP contribution >= 0.6 is 0 Å². The van der Waals surface area contributed by atoms with Gasteiger partial charge in [-0.2, -0.15) is 0 Å². The molecule has 3 aromatic carbocycles. The number of carbonyl (C=O) groups excluding carboxylic acids is 1. The van der Waals surface area contributed by atoms with Crippen LogP contribution in [0.4, 0.5) is 8.78 Å². The zero-order valence-corrected chi connectivity index (χ0v) is 17.3. The van der Waals surface area contributed by atoms with Gasteiger partial charge in [0.1, 0.15) is 18.6 Å². The average molecular weight is 420 g/mol. The second kappa shape index (κ2) is 7.49. The van der Waals surface area contributed by atoms with Gasteiger partial charge in [0.25, 0.3) is 0 Å². The van der Waals surface area contributed by atoms with Crippen LogP contribution in [0.15, 0.2) is 48.5 Å². The number of fused-ring (bicyclic) bond motifs is 3. The van der Waals surface area contributed by atoms with E-state index < -0.39 is 11.6 Å². The summed E-state index contributed by atoms with van der Waals surface area (Å²) < 4.78 is 39.5. The highest BCUT2D eigenvalue weighted by Gasteiger charge is 2.55. The molecule has 3 unspecified atom stereocenters. The summed E-state index contributed by atoms with van der Waals surface area (Å²) in [6.45, 7) is 1.96. The van der Waals surface area contributed by atoms with E-state index in [1.54, 1.807) is 6.92 Å². The summed E-state index contributed by atoms with van der Waals surface area (Å²) in [5.74, 6) is 0.0560. The molecule has 3 aromatic rings. The van der Waals surface area contributed by atoms with Gasteiger partial charge in [0.2, 0.25) is 0 Å². The van der Waals surface area contributed by atoms with Gasteiger partial charge in [0, 0.05) is 5.92 Å². The van der Waals surface area contributed by atoms with Gasteiger partial charge in [0.15, 0.2) is 17.4 Å². The van der Waals surface area contributed by atoms with Crippen LogP contribution in [-0.2, 0) is 17.8 Å². The molecule has 0 N–H and O–H groups in total.